The smallest absolute Gasteiger partial charge is 0.233 e. The summed E-state index contributed by atoms with van der Waals surface area (Å²) in [7, 11) is 0. The number of amides is 2. The van der Waals surface area contributed by atoms with E-state index in [9.17, 15) is 14.0 Å². The molecule has 192 valence electrons. The van der Waals surface area contributed by atoms with Gasteiger partial charge in [0, 0.05) is 63.8 Å². The van der Waals surface area contributed by atoms with Crippen LogP contribution in [0.1, 0.15) is 19.8 Å². The second-order valence-corrected chi connectivity index (χ2v) is 10.9. The molecule has 0 N–H and O–H groups in total. The summed E-state index contributed by atoms with van der Waals surface area (Å²) in [6, 6.07) is 8.55. The number of benzene rings is 1. The first kappa shape index (κ1) is 25.1. The van der Waals surface area contributed by atoms with Crippen molar-refractivity contribution in [3.05, 3.63) is 41.3 Å². The number of hydrogen-bond donors (Lipinski definition) is 0. The van der Waals surface area contributed by atoms with Gasteiger partial charge >= 0.3 is 0 Å². The highest BCUT2D eigenvalue weighted by Gasteiger charge is 2.37. The summed E-state index contributed by atoms with van der Waals surface area (Å²) >= 11 is 7.57. The van der Waals surface area contributed by atoms with E-state index in [0.29, 0.717) is 67.6 Å². The Kier molecular flexibility index (Phi) is 7.52. The first-order valence-electron chi connectivity index (χ1n) is 12.4. The van der Waals surface area contributed by atoms with Crippen LogP contribution in [0.2, 0.25) is 5.15 Å². The first-order valence-corrected chi connectivity index (χ1v) is 13.8. The molecule has 1 saturated carbocycles. The van der Waals surface area contributed by atoms with Crippen molar-refractivity contribution in [1.82, 2.24) is 19.8 Å². The van der Waals surface area contributed by atoms with Crippen molar-refractivity contribution in [2.45, 2.75) is 31.0 Å². The highest BCUT2D eigenvalue weighted by atomic mass is 35.5. The standard InChI is InChI=1S/C25H30ClFN6O2S/c1-17-15-32(12-13-33(17)24(35)18-6-7-18)22-14-21(26)28-25(29-22)36-16-23(34)31-10-8-30(9-11-31)20-5-3-2-4-19(20)27/h2-5,14,17-18H,6-13,15-16H2,1H3. The molecule has 1 aromatic heterocycles. The lowest BCUT2D eigenvalue weighted by Crippen LogP contribution is -2.54. The van der Waals surface area contributed by atoms with Gasteiger partial charge in [-0.25, -0.2) is 14.4 Å². The molecular formula is C25H30ClFN6O2S. The highest BCUT2D eigenvalue weighted by Crippen LogP contribution is 2.33. The van der Waals surface area contributed by atoms with E-state index < -0.39 is 0 Å². The molecule has 2 aliphatic heterocycles. The number of carbonyl (C=O) groups is 2. The molecule has 1 aromatic carbocycles. The molecule has 5 rings (SSSR count). The Balaban J connectivity index is 1.14. The molecule has 1 atom stereocenters. The molecule has 2 amide bonds. The summed E-state index contributed by atoms with van der Waals surface area (Å²) in [6.45, 7) is 6.35. The van der Waals surface area contributed by atoms with Gasteiger partial charge in [0.25, 0.3) is 0 Å². The maximum absolute atomic E-state index is 14.1. The summed E-state index contributed by atoms with van der Waals surface area (Å²) in [5.74, 6) is 1.17. The van der Waals surface area contributed by atoms with Crippen LogP contribution in [0.5, 0.6) is 0 Å². The van der Waals surface area contributed by atoms with Crippen molar-refractivity contribution in [1.29, 1.82) is 0 Å². The topological polar surface area (TPSA) is 72.9 Å². The quantitative estimate of drug-likeness (QED) is 0.321. The summed E-state index contributed by atoms with van der Waals surface area (Å²) in [5.41, 5.74) is 0.575. The zero-order valence-electron chi connectivity index (χ0n) is 20.3. The Bertz CT molecular complexity index is 1130. The van der Waals surface area contributed by atoms with Crippen LogP contribution < -0.4 is 9.80 Å². The zero-order chi connectivity index (χ0) is 25.2. The molecule has 2 saturated heterocycles. The molecule has 0 bridgehead atoms. The predicted molar refractivity (Wildman–Crippen MR) is 139 cm³/mol. The highest BCUT2D eigenvalue weighted by molar-refractivity contribution is 7.99. The molecule has 3 aliphatic rings. The third-order valence-corrected chi connectivity index (χ3v) is 8.00. The molecule has 3 fully saturated rings. The second kappa shape index (κ2) is 10.8. The van der Waals surface area contributed by atoms with Gasteiger partial charge in [0.2, 0.25) is 11.8 Å². The van der Waals surface area contributed by atoms with Crippen molar-refractivity contribution in [3.8, 4) is 0 Å². The Morgan fingerprint density at radius 3 is 2.47 bits per heavy atom. The van der Waals surface area contributed by atoms with Gasteiger partial charge in [-0.1, -0.05) is 35.5 Å². The van der Waals surface area contributed by atoms with Crippen LogP contribution in [0.15, 0.2) is 35.5 Å². The van der Waals surface area contributed by atoms with Crippen molar-refractivity contribution in [3.63, 3.8) is 0 Å². The maximum Gasteiger partial charge on any atom is 0.233 e. The first-order chi connectivity index (χ1) is 17.4. The monoisotopic (exact) mass is 532 g/mol. The molecule has 2 aromatic rings. The molecule has 8 nitrogen and oxygen atoms in total. The number of para-hydroxylation sites is 1. The number of aromatic nitrogens is 2. The van der Waals surface area contributed by atoms with E-state index >= 15 is 0 Å². The number of rotatable bonds is 6. The third-order valence-electron chi connectivity index (χ3n) is 6.97. The van der Waals surface area contributed by atoms with Crippen molar-refractivity contribution < 1.29 is 14.0 Å². The van der Waals surface area contributed by atoms with Crippen molar-refractivity contribution in [2.75, 3.05) is 61.4 Å². The minimum atomic E-state index is -0.243. The van der Waals surface area contributed by atoms with E-state index in [1.165, 1.54) is 17.8 Å². The van der Waals surface area contributed by atoms with Crippen LogP contribution in [-0.4, -0.2) is 89.2 Å². The molecule has 1 unspecified atom stereocenters. The van der Waals surface area contributed by atoms with E-state index in [-0.39, 0.29) is 35.3 Å². The number of nitrogens with zero attached hydrogens (tertiary/aromatic N) is 6. The van der Waals surface area contributed by atoms with Gasteiger partial charge in [-0.05, 0) is 31.9 Å². The van der Waals surface area contributed by atoms with Crippen LogP contribution in [0.25, 0.3) is 0 Å². The fourth-order valence-corrected chi connectivity index (χ4v) is 5.78. The number of carbonyl (C=O) groups excluding carboxylic acids is 2. The van der Waals surface area contributed by atoms with Crippen LogP contribution in [0.3, 0.4) is 0 Å². The Labute approximate surface area is 219 Å². The fourth-order valence-electron chi connectivity index (χ4n) is 4.79. The Morgan fingerprint density at radius 1 is 1.06 bits per heavy atom. The van der Waals surface area contributed by atoms with Gasteiger partial charge < -0.3 is 19.6 Å². The lowest BCUT2D eigenvalue weighted by molar-refractivity contribution is -0.135. The molecule has 0 radical (unpaired) electrons. The minimum Gasteiger partial charge on any atom is -0.366 e. The maximum atomic E-state index is 14.1. The third kappa shape index (κ3) is 5.70. The van der Waals surface area contributed by atoms with Crippen LogP contribution in [-0.2, 0) is 9.59 Å². The predicted octanol–water partition coefficient (Wildman–Crippen LogP) is 3.16. The number of halogens is 2. The van der Waals surface area contributed by atoms with Crippen LogP contribution in [0, 0.1) is 11.7 Å². The Morgan fingerprint density at radius 2 is 1.78 bits per heavy atom. The minimum absolute atomic E-state index is 0.000802. The van der Waals surface area contributed by atoms with E-state index in [0.717, 1.165) is 12.8 Å². The number of thioether (sulfide) groups is 1. The van der Waals surface area contributed by atoms with Gasteiger partial charge in [-0.2, -0.15) is 0 Å². The average molecular weight is 533 g/mol. The summed E-state index contributed by atoms with van der Waals surface area (Å²) in [6.07, 6.45) is 2.02. The van der Waals surface area contributed by atoms with E-state index in [1.54, 1.807) is 23.1 Å². The van der Waals surface area contributed by atoms with Crippen LogP contribution in [0.4, 0.5) is 15.9 Å². The van der Waals surface area contributed by atoms with E-state index in [1.807, 2.05) is 15.9 Å². The lowest BCUT2D eigenvalue weighted by atomic mass is 10.1. The molecule has 3 heterocycles. The van der Waals surface area contributed by atoms with Crippen molar-refractivity contribution in [2.24, 2.45) is 5.92 Å². The number of piperazine rings is 2. The van der Waals surface area contributed by atoms with Gasteiger partial charge in [-0.3, -0.25) is 9.59 Å². The van der Waals surface area contributed by atoms with Gasteiger partial charge in [0.05, 0.1) is 11.4 Å². The second-order valence-electron chi connectivity index (χ2n) is 9.54. The van der Waals surface area contributed by atoms with E-state index in [4.69, 9.17) is 11.6 Å². The van der Waals surface area contributed by atoms with Crippen molar-refractivity contribution >= 4 is 46.7 Å². The molecule has 0 spiro atoms. The van der Waals surface area contributed by atoms with Gasteiger partial charge in [0.15, 0.2) is 5.16 Å². The fraction of sp³-hybridized carbons (Fsp3) is 0.520. The average Bonchev–Trinajstić information content (AvgIpc) is 3.73. The Hall–Kier alpha value is -2.59. The molecule has 11 heteroatoms. The molecular weight excluding hydrogens is 503 g/mol. The molecule has 1 aliphatic carbocycles. The largest absolute Gasteiger partial charge is 0.366 e. The zero-order valence-corrected chi connectivity index (χ0v) is 21.8. The van der Waals surface area contributed by atoms with Gasteiger partial charge in [0.1, 0.15) is 16.8 Å². The molecule has 36 heavy (non-hydrogen) atoms. The van der Waals surface area contributed by atoms with E-state index in [2.05, 4.69) is 21.8 Å². The SMILES string of the molecule is CC1CN(c2cc(Cl)nc(SCC(=O)N3CCN(c4ccccc4F)CC3)n2)CCN1C(=O)C1CC1. The van der Waals surface area contributed by atoms with Gasteiger partial charge in [-0.15, -0.1) is 0 Å². The summed E-state index contributed by atoms with van der Waals surface area (Å²) in [5, 5.41) is 0.789. The number of hydrogen-bond acceptors (Lipinski definition) is 7. The normalized spacial score (nSPS) is 20.6. The number of anilines is 2. The summed E-state index contributed by atoms with van der Waals surface area (Å²) < 4.78 is 14.1. The lowest BCUT2D eigenvalue weighted by Gasteiger charge is -2.40. The summed E-state index contributed by atoms with van der Waals surface area (Å²) in [4.78, 5) is 42.2. The van der Waals surface area contributed by atoms with Crippen LogP contribution >= 0.6 is 23.4 Å².